The molecule has 1 aromatic rings. The minimum absolute atomic E-state index is 0.141. The summed E-state index contributed by atoms with van der Waals surface area (Å²) in [6.45, 7) is 0.703. The Morgan fingerprint density at radius 1 is 1.44 bits per heavy atom. The lowest BCUT2D eigenvalue weighted by atomic mass is 9.98. The molecule has 1 aromatic heterocycles. The highest BCUT2D eigenvalue weighted by Gasteiger charge is 2.28. The number of pyridine rings is 1. The number of aliphatic carboxylic acids is 1. The van der Waals surface area contributed by atoms with Crippen molar-refractivity contribution in [3.05, 3.63) is 29.8 Å². The van der Waals surface area contributed by atoms with Crippen LogP contribution in [0.2, 0.25) is 0 Å². The molecule has 2 rings (SSSR count). The van der Waals surface area contributed by atoms with Gasteiger partial charge in [0.25, 0.3) is 5.91 Å². The third-order valence-corrected chi connectivity index (χ3v) is 3.00. The number of piperidine rings is 1. The predicted molar refractivity (Wildman–Crippen MR) is 60.5 cm³/mol. The zero-order chi connectivity index (χ0) is 13.1. The first kappa shape index (κ1) is 12.5. The van der Waals surface area contributed by atoms with Gasteiger partial charge < -0.3 is 10.0 Å². The second kappa shape index (κ2) is 5.12. The first-order valence-corrected chi connectivity index (χ1v) is 5.71. The third-order valence-electron chi connectivity index (χ3n) is 3.00. The van der Waals surface area contributed by atoms with E-state index in [-0.39, 0.29) is 18.1 Å². The monoisotopic (exact) mass is 252 g/mol. The second-order valence-electron chi connectivity index (χ2n) is 4.29. The fourth-order valence-corrected chi connectivity index (χ4v) is 2.03. The Kier molecular flexibility index (Phi) is 3.55. The first-order valence-electron chi connectivity index (χ1n) is 5.71. The molecule has 5 nitrogen and oxygen atoms in total. The van der Waals surface area contributed by atoms with E-state index in [0.29, 0.717) is 19.4 Å². The topological polar surface area (TPSA) is 70.5 Å². The summed E-state index contributed by atoms with van der Waals surface area (Å²) in [4.78, 5) is 28.1. The van der Waals surface area contributed by atoms with Crippen molar-refractivity contribution in [3.8, 4) is 0 Å². The van der Waals surface area contributed by atoms with Gasteiger partial charge in [-0.1, -0.05) is 0 Å². The minimum atomic E-state index is -0.889. The van der Waals surface area contributed by atoms with Gasteiger partial charge in [-0.3, -0.25) is 9.59 Å². The molecule has 1 aliphatic rings. The molecule has 6 heteroatoms. The quantitative estimate of drug-likeness (QED) is 0.857. The number of amides is 1. The van der Waals surface area contributed by atoms with Crippen LogP contribution in [0.15, 0.2) is 18.3 Å². The molecule has 1 N–H and O–H groups in total. The number of likely N-dealkylation sites (tertiary alicyclic amines) is 1. The van der Waals surface area contributed by atoms with E-state index in [4.69, 9.17) is 5.11 Å². The van der Waals surface area contributed by atoms with Gasteiger partial charge in [0.05, 0.1) is 12.1 Å². The number of halogens is 1. The zero-order valence-corrected chi connectivity index (χ0v) is 9.67. The van der Waals surface area contributed by atoms with Crippen molar-refractivity contribution in [1.82, 2.24) is 9.88 Å². The molecular formula is C12H13FN2O3. The lowest BCUT2D eigenvalue weighted by molar-refractivity contribution is -0.143. The maximum Gasteiger partial charge on any atom is 0.308 e. The molecule has 18 heavy (non-hydrogen) atoms. The van der Waals surface area contributed by atoms with Crippen LogP contribution in [0.25, 0.3) is 0 Å². The van der Waals surface area contributed by atoms with Crippen molar-refractivity contribution >= 4 is 11.9 Å². The van der Waals surface area contributed by atoms with Crippen molar-refractivity contribution in [2.75, 3.05) is 13.1 Å². The summed E-state index contributed by atoms with van der Waals surface area (Å²) in [5.74, 6) is -2.27. The number of aromatic nitrogens is 1. The van der Waals surface area contributed by atoms with E-state index in [1.54, 1.807) is 0 Å². The fraction of sp³-hybridized carbons (Fsp3) is 0.417. The number of carbonyl (C=O) groups excluding carboxylic acids is 1. The van der Waals surface area contributed by atoms with Gasteiger partial charge in [-0.25, -0.2) is 9.37 Å². The number of rotatable bonds is 2. The summed E-state index contributed by atoms with van der Waals surface area (Å²) >= 11 is 0. The Bertz CT molecular complexity index is 461. The highest BCUT2D eigenvalue weighted by molar-refractivity contribution is 5.92. The van der Waals surface area contributed by atoms with E-state index in [9.17, 15) is 14.0 Å². The number of hydrogen-bond acceptors (Lipinski definition) is 3. The molecule has 1 fully saturated rings. The molecule has 96 valence electrons. The molecule has 0 unspecified atom stereocenters. The predicted octanol–water partition coefficient (Wildman–Crippen LogP) is 1.16. The van der Waals surface area contributed by atoms with E-state index < -0.39 is 17.7 Å². The number of hydrogen-bond donors (Lipinski definition) is 1. The van der Waals surface area contributed by atoms with Gasteiger partial charge in [-0.15, -0.1) is 0 Å². The lowest BCUT2D eigenvalue weighted by Crippen LogP contribution is -2.42. The van der Waals surface area contributed by atoms with Crippen LogP contribution in [-0.4, -0.2) is 40.0 Å². The Morgan fingerprint density at radius 3 is 2.83 bits per heavy atom. The lowest BCUT2D eigenvalue weighted by Gasteiger charge is -2.30. The normalized spacial score (nSPS) is 19.6. The second-order valence-corrected chi connectivity index (χ2v) is 4.29. The molecule has 1 atom stereocenters. The molecular weight excluding hydrogens is 239 g/mol. The third kappa shape index (κ3) is 2.64. The highest BCUT2D eigenvalue weighted by Crippen LogP contribution is 2.18. The van der Waals surface area contributed by atoms with E-state index in [1.807, 2.05) is 0 Å². The molecule has 0 radical (unpaired) electrons. The van der Waals surface area contributed by atoms with Crippen LogP contribution in [0.1, 0.15) is 23.3 Å². The Balaban J connectivity index is 2.09. The van der Waals surface area contributed by atoms with E-state index in [0.717, 1.165) is 6.20 Å². The summed E-state index contributed by atoms with van der Waals surface area (Å²) in [6.07, 6.45) is 2.21. The molecule has 0 saturated carbocycles. The van der Waals surface area contributed by atoms with Crippen LogP contribution in [-0.2, 0) is 4.79 Å². The van der Waals surface area contributed by atoms with Gasteiger partial charge in [0.15, 0.2) is 0 Å². The van der Waals surface area contributed by atoms with Crippen LogP contribution in [0, 0.1) is 11.7 Å². The number of nitrogens with zero attached hydrogens (tertiary/aromatic N) is 2. The molecule has 1 amide bonds. The van der Waals surface area contributed by atoms with Gasteiger partial charge >= 0.3 is 5.97 Å². The van der Waals surface area contributed by atoms with Crippen LogP contribution in [0.3, 0.4) is 0 Å². The van der Waals surface area contributed by atoms with Gasteiger partial charge in [0.1, 0.15) is 11.5 Å². The van der Waals surface area contributed by atoms with Crippen molar-refractivity contribution in [2.45, 2.75) is 12.8 Å². The minimum Gasteiger partial charge on any atom is -0.481 e. The van der Waals surface area contributed by atoms with Crippen LogP contribution in [0.4, 0.5) is 4.39 Å². The van der Waals surface area contributed by atoms with Gasteiger partial charge in [-0.2, -0.15) is 0 Å². The maximum atomic E-state index is 12.7. The average Bonchev–Trinajstić information content (AvgIpc) is 2.39. The van der Waals surface area contributed by atoms with Crippen LogP contribution in [0.5, 0.6) is 0 Å². The largest absolute Gasteiger partial charge is 0.481 e. The summed E-state index contributed by atoms with van der Waals surface area (Å²) in [5, 5.41) is 8.94. The Hall–Kier alpha value is -1.98. The van der Waals surface area contributed by atoms with E-state index in [1.165, 1.54) is 17.0 Å². The molecule has 1 saturated heterocycles. The molecule has 1 aliphatic heterocycles. The fourth-order valence-electron chi connectivity index (χ4n) is 2.03. The molecule has 0 aromatic carbocycles. The average molecular weight is 252 g/mol. The molecule has 0 bridgehead atoms. The van der Waals surface area contributed by atoms with Gasteiger partial charge in [0, 0.05) is 13.1 Å². The Morgan fingerprint density at radius 2 is 2.22 bits per heavy atom. The molecule has 2 heterocycles. The smallest absolute Gasteiger partial charge is 0.308 e. The number of carboxylic acids is 1. The summed E-state index contributed by atoms with van der Waals surface area (Å²) in [5.41, 5.74) is 0.141. The SMILES string of the molecule is O=C(O)[C@@H]1CCCN(C(=O)c2ccc(F)cn2)C1. The summed E-state index contributed by atoms with van der Waals surface area (Å²) < 4.78 is 12.7. The summed E-state index contributed by atoms with van der Waals surface area (Å²) in [7, 11) is 0. The zero-order valence-electron chi connectivity index (χ0n) is 9.67. The van der Waals surface area contributed by atoms with Crippen LogP contribution < -0.4 is 0 Å². The number of carboxylic acid groups (broad SMARTS) is 1. The van der Waals surface area contributed by atoms with E-state index in [2.05, 4.69) is 4.98 Å². The first-order chi connectivity index (χ1) is 8.58. The molecule has 0 aliphatic carbocycles. The van der Waals surface area contributed by atoms with Gasteiger partial charge in [-0.05, 0) is 25.0 Å². The highest BCUT2D eigenvalue weighted by atomic mass is 19.1. The van der Waals surface area contributed by atoms with Gasteiger partial charge in [0.2, 0.25) is 0 Å². The maximum absolute atomic E-state index is 12.7. The van der Waals surface area contributed by atoms with Crippen molar-refractivity contribution < 1.29 is 19.1 Å². The van der Waals surface area contributed by atoms with Crippen molar-refractivity contribution in [1.29, 1.82) is 0 Å². The Labute approximate surface area is 103 Å². The molecule has 0 spiro atoms. The standard InChI is InChI=1S/C12H13FN2O3/c13-9-3-4-10(14-6-9)11(16)15-5-1-2-8(7-15)12(17)18/h3-4,6,8H,1-2,5,7H2,(H,17,18)/t8-/m1/s1. The van der Waals surface area contributed by atoms with Crippen molar-refractivity contribution in [2.24, 2.45) is 5.92 Å². The van der Waals surface area contributed by atoms with Crippen LogP contribution >= 0.6 is 0 Å². The summed E-state index contributed by atoms with van der Waals surface area (Å²) in [6, 6.07) is 2.47. The number of carbonyl (C=O) groups is 2. The van der Waals surface area contributed by atoms with Crippen molar-refractivity contribution in [3.63, 3.8) is 0 Å². The van der Waals surface area contributed by atoms with E-state index >= 15 is 0 Å².